The summed E-state index contributed by atoms with van der Waals surface area (Å²) in [6.07, 6.45) is 4.90. The zero-order valence-electron chi connectivity index (χ0n) is 11.4. The summed E-state index contributed by atoms with van der Waals surface area (Å²) in [6.45, 7) is 2.64. The Hall–Kier alpha value is -1.30. The van der Waals surface area contributed by atoms with E-state index in [0.717, 1.165) is 38.4 Å². The van der Waals surface area contributed by atoms with E-state index in [2.05, 4.69) is 15.3 Å². The highest BCUT2D eigenvalue weighted by Crippen LogP contribution is 2.29. The van der Waals surface area contributed by atoms with Crippen LogP contribution in [0.3, 0.4) is 0 Å². The van der Waals surface area contributed by atoms with Gasteiger partial charge in [-0.3, -0.25) is 0 Å². The summed E-state index contributed by atoms with van der Waals surface area (Å²) in [4.78, 5) is 9.80. The molecule has 110 valence electrons. The molecule has 1 N–H and O–H groups in total. The number of nitrogens with one attached hydrogen (secondary N) is 1. The fraction of sp³-hybridized carbons (Fsp3) is 0.714. The summed E-state index contributed by atoms with van der Waals surface area (Å²) in [5.41, 5.74) is -0.197. The summed E-state index contributed by atoms with van der Waals surface area (Å²) in [7, 11) is 0. The molecule has 0 amide bonds. The average Bonchev–Trinajstić information content (AvgIpc) is 3.30. The predicted octanol–water partition coefficient (Wildman–Crippen LogP) is 2.38. The number of rotatable bonds is 5. The van der Waals surface area contributed by atoms with Gasteiger partial charge in [0, 0.05) is 31.5 Å². The van der Waals surface area contributed by atoms with Crippen molar-refractivity contribution in [2.24, 2.45) is 5.92 Å². The lowest BCUT2D eigenvalue weighted by Crippen LogP contribution is -2.43. The van der Waals surface area contributed by atoms with E-state index in [1.165, 1.54) is 25.2 Å². The van der Waals surface area contributed by atoms with Crippen LogP contribution in [-0.2, 0) is 0 Å². The monoisotopic (exact) mass is 282 g/mol. The van der Waals surface area contributed by atoms with Crippen molar-refractivity contribution >= 4 is 5.82 Å². The maximum Gasteiger partial charge on any atom is 0.284 e. The van der Waals surface area contributed by atoms with Crippen LogP contribution in [0.25, 0.3) is 0 Å². The van der Waals surface area contributed by atoms with Crippen molar-refractivity contribution < 1.29 is 8.78 Å². The first-order valence-electron chi connectivity index (χ1n) is 7.31. The van der Waals surface area contributed by atoms with Gasteiger partial charge in [-0.15, -0.1) is 0 Å². The molecule has 0 atom stereocenters. The molecule has 0 spiro atoms. The van der Waals surface area contributed by atoms with Gasteiger partial charge in [0.1, 0.15) is 5.69 Å². The Kier molecular flexibility index (Phi) is 4.10. The lowest BCUT2D eigenvalue weighted by atomic mass is 10.0. The number of alkyl halides is 2. The number of hydrogen-bond donors (Lipinski definition) is 1. The zero-order chi connectivity index (χ0) is 13.9. The molecule has 0 aromatic carbocycles. The van der Waals surface area contributed by atoms with Gasteiger partial charge in [0.05, 0.1) is 0 Å². The highest BCUT2D eigenvalue weighted by atomic mass is 19.3. The van der Waals surface area contributed by atoms with Crippen molar-refractivity contribution in [3.63, 3.8) is 0 Å². The maximum atomic E-state index is 12.9. The number of anilines is 1. The number of halogens is 2. The minimum atomic E-state index is -2.57. The van der Waals surface area contributed by atoms with Gasteiger partial charge < -0.3 is 10.2 Å². The van der Waals surface area contributed by atoms with E-state index in [1.807, 2.05) is 4.90 Å². The smallest absolute Gasteiger partial charge is 0.284 e. The van der Waals surface area contributed by atoms with E-state index in [4.69, 9.17) is 0 Å². The lowest BCUT2D eigenvalue weighted by molar-refractivity contribution is 0.146. The second kappa shape index (κ2) is 5.99. The van der Waals surface area contributed by atoms with Crippen LogP contribution in [0.1, 0.15) is 37.8 Å². The molecule has 1 aliphatic carbocycles. The molecular formula is C14H20F2N4. The first-order chi connectivity index (χ1) is 9.74. The number of piperidine rings is 1. The first-order valence-corrected chi connectivity index (χ1v) is 7.31. The molecule has 2 fully saturated rings. The van der Waals surface area contributed by atoms with E-state index in [-0.39, 0.29) is 5.69 Å². The normalized spacial score (nSPS) is 20.6. The molecular weight excluding hydrogens is 262 g/mol. The molecule has 2 aliphatic rings. The molecule has 6 heteroatoms. The van der Waals surface area contributed by atoms with Crippen LogP contribution in [0.4, 0.5) is 14.6 Å². The van der Waals surface area contributed by atoms with Crippen molar-refractivity contribution in [1.29, 1.82) is 0 Å². The fourth-order valence-corrected chi connectivity index (χ4v) is 2.69. The van der Waals surface area contributed by atoms with Gasteiger partial charge in [0.15, 0.2) is 5.82 Å². The Labute approximate surface area is 117 Å². The molecule has 0 bridgehead atoms. The van der Waals surface area contributed by atoms with Gasteiger partial charge in [0.2, 0.25) is 0 Å². The lowest BCUT2D eigenvalue weighted by Gasteiger charge is -2.33. The molecule has 1 aromatic heterocycles. The molecule has 3 rings (SSSR count). The molecule has 4 nitrogen and oxygen atoms in total. The van der Waals surface area contributed by atoms with E-state index in [0.29, 0.717) is 11.9 Å². The Morgan fingerprint density at radius 2 is 1.85 bits per heavy atom. The van der Waals surface area contributed by atoms with Crippen molar-refractivity contribution in [1.82, 2.24) is 15.3 Å². The Balaban J connectivity index is 1.57. The van der Waals surface area contributed by atoms with E-state index in [9.17, 15) is 8.78 Å². The molecule has 1 saturated heterocycles. The van der Waals surface area contributed by atoms with E-state index >= 15 is 0 Å². The van der Waals surface area contributed by atoms with E-state index in [1.54, 1.807) is 0 Å². The summed E-state index contributed by atoms with van der Waals surface area (Å²) >= 11 is 0. The van der Waals surface area contributed by atoms with Crippen molar-refractivity contribution in [2.45, 2.75) is 38.2 Å². The van der Waals surface area contributed by atoms with Gasteiger partial charge in [-0.25, -0.2) is 18.7 Å². The SMILES string of the molecule is FC(F)c1nccnc1N1CCC(NCC2CC2)CC1. The topological polar surface area (TPSA) is 41.1 Å². The number of hydrogen-bond acceptors (Lipinski definition) is 4. The van der Waals surface area contributed by atoms with Crippen molar-refractivity contribution in [2.75, 3.05) is 24.5 Å². The third-order valence-corrected chi connectivity index (χ3v) is 4.10. The predicted molar refractivity (Wildman–Crippen MR) is 73.0 cm³/mol. The van der Waals surface area contributed by atoms with Gasteiger partial charge in [-0.05, 0) is 38.1 Å². The molecule has 1 aromatic rings. The standard InChI is InChI=1S/C14H20F2N4/c15-13(16)12-14(18-6-5-17-12)20-7-3-11(4-8-20)19-9-10-1-2-10/h5-6,10-11,13,19H,1-4,7-9H2. The van der Waals surface area contributed by atoms with Crippen LogP contribution in [0.2, 0.25) is 0 Å². The summed E-state index contributed by atoms with van der Waals surface area (Å²) in [5, 5.41) is 3.58. The van der Waals surface area contributed by atoms with Crippen LogP contribution in [0, 0.1) is 5.92 Å². The Morgan fingerprint density at radius 1 is 1.15 bits per heavy atom. The van der Waals surface area contributed by atoms with Crippen LogP contribution < -0.4 is 10.2 Å². The highest BCUT2D eigenvalue weighted by Gasteiger charge is 2.27. The quantitative estimate of drug-likeness (QED) is 0.900. The molecule has 1 aliphatic heterocycles. The fourth-order valence-electron chi connectivity index (χ4n) is 2.69. The first kappa shape index (κ1) is 13.7. The van der Waals surface area contributed by atoms with Gasteiger partial charge in [-0.1, -0.05) is 0 Å². The number of nitrogens with zero attached hydrogens (tertiary/aromatic N) is 3. The maximum absolute atomic E-state index is 12.9. The zero-order valence-corrected chi connectivity index (χ0v) is 11.4. The molecule has 0 unspecified atom stereocenters. The van der Waals surface area contributed by atoms with Crippen molar-refractivity contribution in [3.8, 4) is 0 Å². The second-order valence-electron chi connectivity index (χ2n) is 5.68. The second-order valence-corrected chi connectivity index (χ2v) is 5.68. The van der Waals surface area contributed by atoms with Gasteiger partial charge in [-0.2, -0.15) is 0 Å². The Morgan fingerprint density at radius 3 is 2.50 bits per heavy atom. The largest absolute Gasteiger partial charge is 0.355 e. The van der Waals surface area contributed by atoms with Crippen LogP contribution in [0.5, 0.6) is 0 Å². The third-order valence-electron chi connectivity index (χ3n) is 4.10. The minimum absolute atomic E-state index is 0.197. The van der Waals surface area contributed by atoms with Gasteiger partial charge in [0.25, 0.3) is 6.43 Å². The molecule has 2 heterocycles. The molecule has 0 radical (unpaired) electrons. The average molecular weight is 282 g/mol. The van der Waals surface area contributed by atoms with Gasteiger partial charge >= 0.3 is 0 Å². The molecule has 20 heavy (non-hydrogen) atoms. The summed E-state index contributed by atoms with van der Waals surface area (Å²) in [6, 6.07) is 0.513. The molecule has 1 saturated carbocycles. The van der Waals surface area contributed by atoms with E-state index < -0.39 is 6.43 Å². The highest BCUT2D eigenvalue weighted by molar-refractivity contribution is 5.44. The van der Waals surface area contributed by atoms with Crippen LogP contribution in [0.15, 0.2) is 12.4 Å². The van der Waals surface area contributed by atoms with Crippen LogP contribution >= 0.6 is 0 Å². The number of aromatic nitrogens is 2. The van der Waals surface area contributed by atoms with Crippen LogP contribution in [-0.4, -0.2) is 35.6 Å². The summed E-state index contributed by atoms with van der Waals surface area (Å²) in [5.74, 6) is 1.22. The minimum Gasteiger partial charge on any atom is -0.355 e. The summed E-state index contributed by atoms with van der Waals surface area (Å²) < 4.78 is 25.9. The third kappa shape index (κ3) is 3.23. The van der Waals surface area contributed by atoms with Crippen molar-refractivity contribution in [3.05, 3.63) is 18.1 Å². The Bertz CT molecular complexity index is 443.